The number of benzene rings is 1. The Kier molecular flexibility index (Phi) is 4.22. The van der Waals surface area contributed by atoms with E-state index in [1.54, 1.807) is 0 Å². The average molecular weight is 260 g/mol. The Bertz CT molecular complexity index is 560. The molecule has 19 heavy (non-hydrogen) atoms. The number of fused-ring (bicyclic) bond motifs is 1. The second-order valence-corrected chi connectivity index (χ2v) is 5.19. The second kappa shape index (κ2) is 5.89. The van der Waals surface area contributed by atoms with E-state index < -0.39 is 6.04 Å². The van der Waals surface area contributed by atoms with Crippen molar-refractivity contribution in [1.82, 2.24) is 4.98 Å². The van der Waals surface area contributed by atoms with Gasteiger partial charge in [-0.15, -0.1) is 0 Å². The normalized spacial score (nSPS) is 12.8. The third kappa shape index (κ3) is 3.35. The molecule has 1 aromatic heterocycles. The van der Waals surface area contributed by atoms with Crippen LogP contribution in [0.15, 0.2) is 30.5 Å². The van der Waals surface area contributed by atoms with E-state index in [1.807, 2.05) is 44.3 Å². The highest BCUT2D eigenvalue weighted by Crippen LogP contribution is 2.18. The number of aromatic amines is 1. The van der Waals surface area contributed by atoms with E-state index in [9.17, 15) is 4.79 Å². The smallest absolute Gasteiger partial charge is 0.323 e. The van der Waals surface area contributed by atoms with Crippen LogP contribution in [0.1, 0.15) is 19.4 Å². The van der Waals surface area contributed by atoms with Crippen LogP contribution >= 0.6 is 0 Å². The maximum atomic E-state index is 11.8. The minimum absolute atomic E-state index is 0.323. The SMILES string of the molecule is CC(C)COC(=O)C(N)Cc1c[nH]c2ccccc12. The zero-order chi connectivity index (χ0) is 13.8. The van der Waals surface area contributed by atoms with Crippen molar-refractivity contribution in [3.63, 3.8) is 0 Å². The Hall–Kier alpha value is -1.81. The highest BCUT2D eigenvalue weighted by Gasteiger charge is 2.17. The van der Waals surface area contributed by atoms with E-state index in [-0.39, 0.29) is 5.97 Å². The molecule has 0 aliphatic rings. The molecule has 102 valence electrons. The fraction of sp³-hybridized carbons (Fsp3) is 0.400. The fourth-order valence-electron chi connectivity index (χ4n) is 1.98. The van der Waals surface area contributed by atoms with Crippen molar-refractivity contribution in [2.24, 2.45) is 11.7 Å². The summed E-state index contributed by atoms with van der Waals surface area (Å²) < 4.78 is 5.15. The second-order valence-electron chi connectivity index (χ2n) is 5.19. The van der Waals surface area contributed by atoms with Gasteiger partial charge in [0.2, 0.25) is 0 Å². The largest absolute Gasteiger partial charge is 0.464 e. The summed E-state index contributed by atoms with van der Waals surface area (Å²) in [6.45, 7) is 4.41. The quantitative estimate of drug-likeness (QED) is 0.810. The van der Waals surface area contributed by atoms with E-state index >= 15 is 0 Å². The molecule has 0 spiro atoms. The average Bonchev–Trinajstić information content (AvgIpc) is 2.79. The molecule has 1 heterocycles. The van der Waals surface area contributed by atoms with E-state index in [0.29, 0.717) is 18.9 Å². The number of para-hydroxylation sites is 1. The number of nitrogens with one attached hydrogen (secondary N) is 1. The van der Waals surface area contributed by atoms with Crippen LogP contribution in [0.2, 0.25) is 0 Å². The van der Waals surface area contributed by atoms with Gasteiger partial charge in [-0.1, -0.05) is 32.0 Å². The van der Waals surface area contributed by atoms with Crippen LogP contribution in [0.4, 0.5) is 0 Å². The third-order valence-electron chi connectivity index (χ3n) is 2.98. The van der Waals surface area contributed by atoms with Crippen LogP contribution in [-0.4, -0.2) is 23.6 Å². The number of H-pyrrole nitrogens is 1. The molecule has 0 aliphatic heterocycles. The number of hydrogen-bond acceptors (Lipinski definition) is 3. The number of hydrogen-bond donors (Lipinski definition) is 2. The van der Waals surface area contributed by atoms with Gasteiger partial charge in [0.25, 0.3) is 0 Å². The molecule has 4 nitrogen and oxygen atoms in total. The van der Waals surface area contributed by atoms with Crippen molar-refractivity contribution in [1.29, 1.82) is 0 Å². The molecule has 2 aromatic rings. The lowest BCUT2D eigenvalue weighted by molar-refractivity contribution is -0.146. The standard InChI is InChI=1S/C15H20N2O2/c1-10(2)9-19-15(18)13(16)7-11-8-17-14-6-4-3-5-12(11)14/h3-6,8,10,13,17H,7,9,16H2,1-2H3. The van der Waals surface area contributed by atoms with Crippen molar-refractivity contribution < 1.29 is 9.53 Å². The van der Waals surface area contributed by atoms with Gasteiger partial charge in [-0.3, -0.25) is 4.79 Å². The number of carbonyl (C=O) groups excluding carboxylic acids is 1. The zero-order valence-electron chi connectivity index (χ0n) is 11.3. The highest BCUT2D eigenvalue weighted by atomic mass is 16.5. The Morgan fingerprint density at radius 3 is 2.84 bits per heavy atom. The summed E-state index contributed by atoms with van der Waals surface area (Å²) in [5.41, 5.74) is 8.00. The Morgan fingerprint density at radius 1 is 1.37 bits per heavy atom. The van der Waals surface area contributed by atoms with Gasteiger partial charge in [-0.25, -0.2) is 0 Å². The molecule has 3 N–H and O–H groups in total. The van der Waals surface area contributed by atoms with Crippen molar-refractivity contribution >= 4 is 16.9 Å². The van der Waals surface area contributed by atoms with Gasteiger partial charge in [0.05, 0.1) is 6.61 Å². The van der Waals surface area contributed by atoms with Gasteiger partial charge in [-0.05, 0) is 17.5 Å². The maximum absolute atomic E-state index is 11.8. The summed E-state index contributed by atoms with van der Waals surface area (Å²) in [7, 11) is 0. The maximum Gasteiger partial charge on any atom is 0.323 e. The van der Waals surface area contributed by atoms with Gasteiger partial charge in [0.1, 0.15) is 6.04 Å². The van der Waals surface area contributed by atoms with Crippen molar-refractivity contribution in [2.45, 2.75) is 26.3 Å². The lowest BCUT2D eigenvalue weighted by atomic mass is 10.1. The first-order valence-electron chi connectivity index (χ1n) is 6.55. The molecule has 0 amide bonds. The molecule has 0 bridgehead atoms. The minimum atomic E-state index is -0.613. The summed E-state index contributed by atoms with van der Waals surface area (Å²) in [4.78, 5) is 14.9. The lowest BCUT2D eigenvalue weighted by Crippen LogP contribution is -2.35. The Morgan fingerprint density at radius 2 is 2.11 bits per heavy atom. The number of aromatic nitrogens is 1. The first kappa shape index (κ1) is 13.6. The molecule has 4 heteroatoms. The zero-order valence-corrected chi connectivity index (χ0v) is 11.3. The molecule has 0 fully saturated rings. The fourth-order valence-corrected chi connectivity index (χ4v) is 1.98. The van der Waals surface area contributed by atoms with Crippen LogP contribution in [0, 0.1) is 5.92 Å². The molecule has 0 aliphatic carbocycles. The molecule has 1 unspecified atom stereocenters. The number of carbonyl (C=O) groups is 1. The number of ether oxygens (including phenoxy) is 1. The summed E-state index contributed by atoms with van der Waals surface area (Å²) in [6.07, 6.45) is 2.39. The predicted octanol–water partition coefficient (Wildman–Crippen LogP) is 2.24. The van der Waals surface area contributed by atoms with E-state index in [0.717, 1.165) is 16.5 Å². The highest BCUT2D eigenvalue weighted by molar-refractivity contribution is 5.84. The first-order chi connectivity index (χ1) is 9.08. The van der Waals surface area contributed by atoms with Gasteiger partial charge in [-0.2, -0.15) is 0 Å². The topological polar surface area (TPSA) is 68.1 Å². The molecule has 0 saturated carbocycles. The molecule has 0 radical (unpaired) electrons. The Labute approximate surface area is 112 Å². The van der Waals surface area contributed by atoms with Gasteiger partial charge >= 0.3 is 5.97 Å². The monoisotopic (exact) mass is 260 g/mol. The summed E-state index contributed by atoms with van der Waals surface area (Å²) >= 11 is 0. The van der Waals surface area contributed by atoms with Crippen molar-refractivity contribution in [2.75, 3.05) is 6.61 Å². The van der Waals surface area contributed by atoms with Crippen LogP contribution in [0.25, 0.3) is 10.9 Å². The van der Waals surface area contributed by atoms with Crippen LogP contribution in [0.5, 0.6) is 0 Å². The van der Waals surface area contributed by atoms with Gasteiger partial charge in [0.15, 0.2) is 0 Å². The lowest BCUT2D eigenvalue weighted by Gasteiger charge is -2.12. The first-order valence-corrected chi connectivity index (χ1v) is 6.55. The minimum Gasteiger partial charge on any atom is -0.464 e. The summed E-state index contributed by atoms with van der Waals surface area (Å²) in [5.74, 6) is -0.0109. The summed E-state index contributed by atoms with van der Waals surface area (Å²) in [6, 6.07) is 7.36. The number of esters is 1. The van der Waals surface area contributed by atoms with E-state index in [2.05, 4.69) is 4.98 Å². The van der Waals surface area contributed by atoms with Crippen molar-refractivity contribution in [3.8, 4) is 0 Å². The molecule has 2 rings (SSSR count). The molecule has 1 atom stereocenters. The predicted molar refractivity (Wildman–Crippen MR) is 75.8 cm³/mol. The van der Waals surface area contributed by atoms with Gasteiger partial charge in [0, 0.05) is 23.5 Å². The third-order valence-corrected chi connectivity index (χ3v) is 2.98. The van der Waals surface area contributed by atoms with E-state index in [1.165, 1.54) is 0 Å². The van der Waals surface area contributed by atoms with Crippen LogP contribution in [0.3, 0.4) is 0 Å². The van der Waals surface area contributed by atoms with Crippen molar-refractivity contribution in [3.05, 3.63) is 36.0 Å². The Balaban J connectivity index is 2.02. The molecule has 1 aromatic carbocycles. The van der Waals surface area contributed by atoms with Crippen LogP contribution < -0.4 is 5.73 Å². The summed E-state index contributed by atoms with van der Waals surface area (Å²) in [5, 5.41) is 1.11. The molecule has 0 saturated heterocycles. The number of nitrogens with two attached hydrogens (primary N) is 1. The van der Waals surface area contributed by atoms with Crippen LogP contribution in [-0.2, 0) is 16.0 Å². The van der Waals surface area contributed by atoms with E-state index in [4.69, 9.17) is 10.5 Å². The molecular formula is C15H20N2O2. The number of rotatable bonds is 5. The van der Waals surface area contributed by atoms with Gasteiger partial charge < -0.3 is 15.5 Å². The molecular weight excluding hydrogens is 240 g/mol.